The maximum absolute atomic E-state index is 4.49. The second-order valence-corrected chi connectivity index (χ2v) is 1.46. The predicted molar refractivity (Wildman–Crippen MR) is 25.4 cm³/mol. The van der Waals surface area contributed by atoms with E-state index in [4.69, 9.17) is 0 Å². The minimum Gasteiger partial charge on any atom is -0.448 e. The second-order valence-electron chi connectivity index (χ2n) is 1.11. The fourth-order valence-corrected chi connectivity index (χ4v) is 0.447. The van der Waals surface area contributed by atoms with Crippen molar-refractivity contribution < 1.29 is 62.7 Å². The van der Waals surface area contributed by atoms with Crippen molar-refractivity contribution in [1.82, 2.24) is 10.1 Å². The molecule has 0 unspecified atom stereocenters. The van der Waals surface area contributed by atoms with Crippen molar-refractivity contribution in [3.8, 4) is 0 Å². The average molecular weight is 201 g/mol. The van der Waals surface area contributed by atoms with Gasteiger partial charge in [-0.05, 0) is 25.0 Å². The van der Waals surface area contributed by atoms with E-state index in [2.05, 4.69) is 26.9 Å². The van der Waals surface area contributed by atoms with E-state index in [1.54, 1.807) is 6.92 Å². The molecule has 0 fully saturated rings. The summed E-state index contributed by atoms with van der Waals surface area (Å²) in [6.45, 7) is 1.72. The van der Waals surface area contributed by atoms with Gasteiger partial charge in [0.2, 0.25) is 0 Å². The quantitative estimate of drug-likeness (QED) is 0.441. The van der Waals surface area contributed by atoms with Gasteiger partial charge in [-0.2, -0.15) is 0 Å². The fraction of sp³-hybridized carbons (Fsp3) is 0.333. The van der Waals surface area contributed by atoms with Crippen LogP contribution in [0.4, 0.5) is 0 Å². The monoisotopic (exact) mass is 200 g/mol. The second kappa shape index (κ2) is 4.06. The molecule has 1 aromatic heterocycles. The Bertz CT molecular complexity index is 205. The van der Waals surface area contributed by atoms with E-state index in [9.17, 15) is 0 Å². The molecule has 0 aromatic carbocycles. The summed E-state index contributed by atoms with van der Waals surface area (Å²) < 4.78 is 4.42. The molecular formula is C3H3N2ORbS. The first-order chi connectivity index (χ1) is 3.29. The standard InChI is InChI=1S/C3H4N2OS.Rb/c1-2-4-3(7)6-5-2;/h1H3,(H,4,5,7);/q;+1/p-1. The Balaban J connectivity index is 0.000000490. The van der Waals surface area contributed by atoms with Gasteiger partial charge < -0.3 is 9.51 Å². The molecule has 0 radical (unpaired) electrons. The predicted octanol–water partition coefficient (Wildman–Crippen LogP) is -2.33. The van der Waals surface area contributed by atoms with Gasteiger partial charge in [-0.25, -0.2) is 0 Å². The molecule has 1 rings (SSSR count). The van der Waals surface area contributed by atoms with E-state index >= 15 is 0 Å². The summed E-state index contributed by atoms with van der Waals surface area (Å²) in [7, 11) is 0. The molecule has 3 nitrogen and oxygen atoms in total. The molecule has 0 bridgehead atoms. The average Bonchev–Trinajstić information content (AvgIpc) is 1.87. The Morgan fingerprint density at radius 1 is 1.75 bits per heavy atom. The topological polar surface area (TPSA) is 40.1 Å². The summed E-state index contributed by atoms with van der Waals surface area (Å²) in [4.78, 5) is 3.85. The van der Waals surface area contributed by atoms with E-state index in [0.29, 0.717) is 5.82 Å². The van der Waals surface area contributed by atoms with Crippen LogP contribution < -0.4 is 63.2 Å². The van der Waals surface area contributed by atoms with Crippen molar-refractivity contribution in [1.29, 1.82) is 0 Å². The van der Waals surface area contributed by atoms with Crippen molar-refractivity contribution in [3.05, 3.63) is 10.7 Å². The van der Waals surface area contributed by atoms with Crippen LogP contribution in [0.3, 0.4) is 0 Å². The molecule has 5 heteroatoms. The smallest absolute Gasteiger partial charge is 0.448 e. The molecule has 8 heavy (non-hydrogen) atoms. The Morgan fingerprint density at radius 3 is 2.50 bits per heavy atom. The number of aromatic nitrogens is 2. The van der Waals surface area contributed by atoms with Crippen LogP contribution in [-0.4, -0.2) is 5.16 Å². The normalized spacial score (nSPS) is 8.12. The third-order valence-corrected chi connectivity index (χ3v) is 0.675. The minimum atomic E-state index is 0. The van der Waals surface area contributed by atoms with Crippen LogP contribution in [0.25, 0.3) is 0 Å². The van der Waals surface area contributed by atoms with Gasteiger partial charge in [0.25, 0.3) is 0 Å². The molecule has 1 aromatic rings. The van der Waals surface area contributed by atoms with E-state index in [1.165, 1.54) is 0 Å². The van der Waals surface area contributed by atoms with E-state index < -0.39 is 0 Å². The molecule has 0 N–H and O–H groups in total. The first-order valence-corrected chi connectivity index (χ1v) is 2.17. The van der Waals surface area contributed by atoms with Crippen molar-refractivity contribution in [2.45, 2.75) is 6.92 Å². The number of rotatable bonds is 0. The largest absolute Gasteiger partial charge is 1.00 e. The summed E-state index contributed by atoms with van der Waals surface area (Å²) in [6, 6.07) is 0. The van der Waals surface area contributed by atoms with Gasteiger partial charge in [0.1, 0.15) is 0 Å². The molecule has 0 atom stereocenters. The molecule has 0 spiro atoms. The Hall–Kier alpha value is 1.17. The van der Waals surface area contributed by atoms with E-state index in [1.807, 2.05) is 0 Å². The first kappa shape index (κ1) is 9.17. The molecule has 0 aliphatic carbocycles. The molecule has 38 valence electrons. The molecule has 0 aliphatic heterocycles. The third-order valence-electron chi connectivity index (χ3n) is 0.509. The Morgan fingerprint density at radius 2 is 2.38 bits per heavy atom. The molecule has 1 heterocycles. The van der Waals surface area contributed by atoms with Gasteiger partial charge >= 0.3 is 58.2 Å². The van der Waals surface area contributed by atoms with Crippen LogP contribution in [0, 0.1) is 11.8 Å². The maximum Gasteiger partial charge on any atom is 1.00 e. The number of hydrogen-bond acceptors (Lipinski definition) is 3. The van der Waals surface area contributed by atoms with Crippen LogP contribution in [0.15, 0.2) is 4.52 Å². The first-order valence-electron chi connectivity index (χ1n) is 1.76. The number of hydrogen-bond donors (Lipinski definition) is 0. The summed E-state index contributed by atoms with van der Waals surface area (Å²) >= 11 is 4.49. The van der Waals surface area contributed by atoms with Crippen molar-refractivity contribution >= 4 is 12.2 Å². The molecule has 0 aliphatic rings. The molecule has 0 amide bonds. The van der Waals surface area contributed by atoms with E-state index in [0.717, 1.165) is 0 Å². The third kappa shape index (κ3) is 2.64. The van der Waals surface area contributed by atoms with E-state index in [-0.39, 0.29) is 63.0 Å². The SMILES string of the molecule is Cc1noc(=S)[n-]1.[Rb+]. The van der Waals surface area contributed by atoms with Crippen molar-refractivity contribution in [2.24, 2.45) is 0 Å². The maximum atomic E-state index is 4.49. The van der Waals surface area contributed by atoms with Gasteiger partial charge in [-0.3, -0.25) is 5.16 Å². The summed E-state index contributed by atoms with van der Waals surface area (Å²) in [6.07, 6.45) is 0. The van der Waals surface area contributed by atoms with Crippen LogP contribution in [-0.2, 0) is 0 Å². The van der Waals surface area contributed by atoms with Crippen LogP contribution in [0.2, 0.25) is 0 Å². The summed E-state index contributed by atoms with van der Waals surface area (Å²) in [5.41, 5.74) is 0. The number of aryl methyl sites for hydroxylation is 1. The van der Waals surface area contributed by atoms with Crippen molar-refractivity contribution in [3.63, 3.8) is 0 Å². The zero-order chi connectivity index (χ0) is 5.28. The van der Waals surface area contributed by atoms with Gasteiger partial charge in [-0.1, -0.05) is 0 Å². The van der Waals surface area contributed by atoms with Crippen molar-refractivity contribution in [2.75, 3.05) is 0 Å². The fourth-order valence-electron chi connectivity index (χ4n) is 0.278. The summed E-state index contributed by atoms with van der Waals surface area (Å²) in [5, 5.41) is 3.43. The van der Waals surface area contributed by atoms with Crippen LogP contribution in [0.5, 0.6) is 0 Å². The summed E-state index contributed by atoms with van der Waals surface area (Å²) in [5.74, 6) is 0.588. The number of nitrogens with zero attached hydrogens (tertiary/aromatic N) is 2. The molecule has 0 saturated heterocycles. The molecular weight excluding hydrogens is 198 g/mol. The minimum absolute atomic E-state index is 0. The zero-order valence-electron chi connectivity index (χ0n) is 4.71. The Labute approximate surface area is 101 Å². The van der Waals surface area contributed by atoms with Gasteiger partial charge in [0.05, 0.1) is 0 Å². The van der Waals surface area contributed by atoms with Gasteiger partial charge in [-0.15, -0.1) is 0 Å². The zero-order valence-corrected chi connectivity index (χ0v) is 10.4. The van der Waals surface area contributed by atoms with Gasteiger partial charge in [0, 0.05) is 0 Å². The van der Waals surface area contributed by atoms with Crippen LogP contribution >= 0.6 is 12.2 Å². The van der Waals surface area contributed by atoms with Crippen LogP contribution in [0.1, 0.15) is 5.82 Å². The molecule has 0 saturated carbocycles. The van der Waals surface area contributed by atoms with Gasteiger partial charge in [0.15, 0.2) is 4.84 Å². The Kier molecular flexibility index (Phi) is 4.65.